The van der Waals surface area contributed by atoms with Gasteiger partial charge < -0.3 is 4.74 Å². The quantitative estimate of drug-likeness (QED) is 0.291. The first-order valence-corrected chi connectivity index (χ1v) is 9.58. The summed E-state index contributed by atoms with van der Waals surface area (Å²) in [6, 6.07) is 0. The van der Waals surface area contributed by atoms with E-state index in [1.165, 1.54) is 38.5 Å². The van der Waals surface area contributed by atoms with Gasteiger partial charge in [-0.05, 0) is 40.0 Å². The smallest absolute Gasteiger partial charge is 0.306 e. The Morgan fingerprint density at radius 2 is 1.13 bits per heavy atom. The van der Waals surface area contributed by atoms with E-state index in [0.717, 1.165) is 38.5 Å². The van der Waals surface area contributed by atoms with Crippen LogP contribution in [0.2, 0.25) is 0 Å². The van der Waals surface area contributed by atoms with E-state index in [4.69, 9.17) is 4.74 Å². The fourth-order valence-electron chi connectivity index (χ4n) is 2.63. The summed E-state index contributed by atoms with van der Waals surface area (Å²) in [5.74, 6) is 0.354. The van der Waals surface area contributed by atoms with Gasteiger partial charge >= 0.3 is 5.97 Å². The predicted molar refractivity (Wildman–Crippen MR) is 96.5 cm³/mol. The van der Waals surface area contributed by atoms with Crippen LogP contribution in [0.5, 0.6) is 0 Å². The van der Waals surface area contributed by atoms with Gasteiger partial charge in [0.25, 0.3) is 0 Å². The molecule has 136 valence electrons. The van der Waals surface area contributed by atoms with Crippen molar-refractivity contribution in [3.05, 3.63) is 0 Å². The van der Waals surface area contributed by atoms with Gasteiger partial charge in [0.1, 0.15) is 11.4 Å². The number of unbranched alkanes of at least 4 members (excludes halogenated alkanes) is 8. The van der Waals surface area contributed by atoms with E-state index in [1.54, 1.807) is 0 Å². The van der Waals surface area contributed by atoms with Crippen LogP contribution in [0, 0.1) is 0 Å². The highest BCUT2D eigenvalue weighted by molar-refractivity contribution is 5.78. The molecule has 23 heavy (non-hydrogen) atoms. The van der Waals surface area contributed by atoms with Crippen LogP contribution in [0.25, 0.3) is 0 Å². The maximum atomic E-state index is 11.5. The van der Waals surface area contributed by atoms with Crippen LogP contribution in [0.3, 0.4) is 0 Å². The minimum absolute atomic E-state index is 0.0740. The third-order valence-corrected chi connectivity index (χ3v) is 3.79. The Bertz CT molecular complexity index is 315. The molecule has 0 aromatic heterocycles. The fourth-order valence-corrected chi connectivity index (χ4v) is 2.63. The maximum absolute atomic E-state index is 11.5. The third kappa shape index (κ3) is 17.3. The summed E-state index contributed by atoms with van der Waals surface area (Å²) in [4.78, 5) is 22.9. The number of ether oxygens (including phenoxy) is 1. The van der Waals surface area contributed by atoms with E-state index in [9.17, 15) is 9.59 Å². The van der Waals surface area contributed by atoms with Crippen molar-refractivity contribution < 1.29 is 14.3 Å². The molecule has 0 aromatic rings. The second kappa shape index (κ2) is 13.6. The summed E-state index contributed by atoms with van der Waals surface area (Å²) in [6.45, 7) is 7.78. The minimum Gasteiger partial charge on any atom is -0.460 e. The number of ketones is 1. The predicted octanol–water partition coefficient (Wildman–Crippen LogP) is 5.99. The average molecular weight is 327 g/mol. The Morgan fingerprint density at radius 1 is 0.696 bits per heavy atom. The summed E-state index contributed by atoms with van der Waals surface area (Å²) < 4.78 is 5.29. The van der Waals surface area contributed by atoms with Gasteiger partial charge in [-0.15, -0.1) is 0 Å². The molecule has 0 aromatic carbocycles. The molecule has 0 heterocycles. The van der Waals surface area contributed by atoms with Gasteiger partial charge in [-0.3, -0.25) is 9.59 Å². The minimum atomic E-state index is -0.363. The van der Waals surface area contributed by atoms with Crippen LogP contribution in [-0.2, 0) is 14.3 Å². The summed E-state index contributed by atoms with van der Waals surface area (Å²) >= 11 is 0. The molecule has 0 saturated heterocycles. The zero-order valence-electron chi connectivity index (χ0n) is 15.9. The molecule has 3 heteroatoms. The number of rotatable bonds is 14. The number of hydrogen-bond acceptors (Lipinski definition) is 3. The highest BCUT2D eigenvalue weighted by Crippen LogP contribution is 2.13. The van der Waals surface area contributed by atoms with E-state index in [2.05, 4.69) is 6.92 Å². The molecule has 0 rings (SSSR count). The second-order valence-electron chi connectivity index (χ2n) is 7.56. The van der Waals surface area contributed by atoms with E-state index in [-0.39, 0.29) is 11.6 Å². The van der Waals surface area contributed by atoms with E-state index in [1.807, 2.05) is 20.8 Å². The molecule has 0 atom stereocenters. The van der Waals surface area contributed by atoms with Crippen molar-refractivity contribution in [3.63, 3.8) is 0 Å². The lowest BCUT2D eigenvalue weighted by molar-refractivity contribution is -0.154. The molecule has 0 aliphatic heterocycles. The van der Waals surface area contributed by atoms with Crippen molar-refractivity contribution in [2.24, 2.45) is 0 Å². The summed E-state index contributed by atoms with van der Waals surface area (Å²) in [5, 5.41) is 0. The first-order chi connectivity index (χ1) is 10.8. The van der Waals surface area contributed by atoms with E-state index >= 15 is 0 Å². The van der Waals surface area contributed by atoms with Gasteiger partial charge in [0.05, 0.1) is 0 Å². The number of carbonyl (C=O) groups is 2. The first kappa shape index (κ1) is 22.1. The number of carbonyl (C=O) groups excluding carboxylic acids is 2. The molecule has 0 aliphatic carbocycles. The fraction of sp³-hybridized carbons (Fsp3) is 0.900. The second-order valence-corrected chi connectivity index (χ2v) is 7.56. The summed E-state index contributed by atoms with van der Waals surface area (Å²) in [6.07, 6.45) is 13.6. The van der Waals surface area contributed by atoms with Gasteiger partial charge in [-0.1, -0.05) is 51.9 Å². The van der Waals surface area contributed by atoms with Crippen molar-refractivity contribution in [1.29, 1.82) is 0 Å². The molecule has 0 spiro atoms. The normalized spacial score (nSPS) is 11.5. The molecule has 0 N–H and O–H groups in total. The van der Waals surface area contributed by atoms with Crippen LogP contribution in [0.4, 0.5) is 0 Å². The van der Waals surface area contributed by atoms with Crippen molar-refractivity contribution in [1.82, 2.24) is 0 Å². The zero-order chi connectivity index (χ0) is 17.6. The SMILES string of the molecule is CCCC(=O)CCCCCCCCCCCC(=O)OC(C)(C)C. The summed E-state index contributed by atoms with van der Waals surface area (Å²) in [7, 11) is 0. The highest BCUT2D eigenvalue weighted by atomic mass is 16.6. The Kier molecular flexibility index (Phi) is 13.1. The lowest BCUT2D eigenvalue weighted by Crippen LogP contribution is -2.23. The Hall–Kier alpha value is -0.860. The Morgan fingerprint density at radius 3 is 1.57 bits per heavy atom. The van der Waals surface area contributed by atoms with Gasteiger partial charge in [0.2, 0.25) is 0 Å². The van der Waals surface area contributed by atoms with Crippen LogP contribution in [0.1, 0.15) is 111 Å². The van der Waals surface area contributed by atoms with E-state index < -0.39 is 0 Å². The number of hydrogen-bond donors (Lipinski definition) is 0. The van der Waals surface area contributed by atoms with Gasteiger partial charge in [-0.25, -0.2) is 0 Å². The topological polar surface area (TPSA) is 43.4 Å². The Balaban J connectivity index is 3.25. The highest BCUT2D eigenvalue weighted by Gasteiger charge is 2.15. The van der Waals surface area contributed by atoms with Crippen molar-refractivity contribution in [3.8, 4) is 0 Å². The maximum Gasteiger partial charge on any atom is 0.306 e. The Labute approximate surface area is 143 Å². The molecule has 0 fully saturated rings. The first-order valence-electron chi connectivity index (χ1n) is 9.58. The molecular weight excluding hydrogens is 288 g/mol. The molecule has 3 nitrogen and oxygen atoms in total. The zero-order valence-corrected chi connectivity index (χ0v) is 15.9. The lowest BCUT2D eigenvalue weighted by atomic mass is 10.0. The van der Waals surface area contributed by atoms with Crippen LogP contribution in [-0.4, -0.2) is 17.4 Å². The molecule has 0 saturated carbocycles. The molecule has 0 unspecified atom stereocenters. The lowest BCUT2D eigenvalue weighted by Gasteiger charge is -2.19. The van der Waals surface area contributed by atoms with Crippen LogP contribution >= 0.6 is 0 Å². The molecular formula is C20H38O3. The number of Topliss-reactive ketones (excluding diaryl/α,β-unsaturated/α-hetero) is 1. The summed E-state index contributed by atoms with van der Waals surface area (Å²) in [5.41, 5.74) is -0.363. The van der Waals surface area contributed by atoms with Crippen molar-refractivity contribution in [2.45, 2.75) is 117 Å². The monoisotopic (exact) mass is 326 g/mol. The van der Waals surface area contributed by atoms with Gasteiger partial charge in [0.15, 0.2) is 0 Å². The van der Waals surface area contributed by atoms with Crippen LogP contribution < -0.4 is 0 Å². The van der Waals surface area contributed by atoms with Gasteiger partial charge in [0, 0.05) is 19.3 Å². The standard InChI is InChI=1S/C20H38O3/c1-5-15-18(21)16-13-11-9-7-6-8-10-12-14-17-19(22)23-20(2,3)4/h5-17H2,1-4H3. The third-order valence-electron chi connectivity index (χ3n) is 3.79. The molecule has 0 aliphatic rings. The molecule has 0 radical (unpaired) electrons. The van der Waals surface area contributed by atoms with Crippen LogP contribution in [0.15, 0.2) is 0 Å². The average Bonchev–Trinajstić information content (AvgIpc) is 2.43. The van der Waals surface area contributed by atoms with Crippen molar-refractivity contribution >= 4 is 11.8 Å². The largest absolute Gasteiger partial charge is 0.460 e. The number of esters is 1. The molecule has 0 amide bonds. The molecule has 0 bridgehead atoms. The van der Waals surface area contributed by atoms with Gasteiger partial charge in [-0.2, -0.15) is 0 Å². The van der Waals surface area contributed by atoms with Crippen molar-refractivity contribution in [2.75, 3.05) is 0 Å². The van der Waals surface area contributed by atoms with E-state index in [0.29, 0.717) is 12.2 Å².